The lowest BCUT2D eigenvalue weighted by molar-refractivity contribution is -0.364. The van der Waals surface area contributed by atoms with E-state index in [1.165, 1.54) is 72.8 Å². The van der Waals surface area contributed by atoms with Crippen molar-refractivity contribution in [1.82, 2.24) is 5.32 Å². The number of benzene rings is 3. The number of hydrogen-bond donors (Lipinski definition) is 2. The van der Waals surface area contributed by atoms with E-state index < -0.39 is 163 Å². The van der Waals surface area contributed by atoms with Crippen molar-refractivity contribution in [3.63, 3.8) is 0 Å². The first-order valence-corrected chi connectivity index (χ1v) is 24.7. The van der Waals surface area contributed by atoms with Gasteiger partial charge in [0.25, 0.3) is 15.5 Å². The number of alkyl halides is 3. The maximum absolute atomic E-state index is 14.9. The van der Waals surface area contributed by atoms with Gasteiger partial charge in [0.15, 0.2) is 31.0 Å². The van der Waals surface area contributed by atoms with Crippen molar-refractivity contribution in [2.24, 2.45) is 0 Å². The average molecular weight is 1170 g/mol. The molecule has 0 saturated carbocycles. The van der Waals surface area contributed by atoms with Gasteiger partial charge in [0, 0.05) is 34.6 Å². The van der Waals surface area contributed by atoms with Crippen LogP contribution in [0.1, 0.15) is 72.1 Å². The lowest BCUT2D eigenvalue weighted by Crippen LogP contribution is -2.72. The van der Waals surface area contributed by atoms with Crippen LogP contribution in [0.15, 0.2) is 91.0 Å². The van der Waals surface area contributed by atoms with Crippen molar-refractivity contribution in [2.75, 3.05) is 26.9 Å². The molecule has 2 aliphatic heterocycles. The number of esters is 9. The average Bonchev–Trinajstić information content (AvgIpc) is 3.51. The Kier molecular flexibility index (Phi) is 22.5. The van der Waals surface area contributed by atoms with E-state index in [1.54, 1.807) is 18.2 Å². The van der Waals surface area contributed by atoms with Crippen molar-refractivity contribution >= 4 is 100 Å². The summed E-state index contributed by atoms with van der Waals surface area (Å²) < 4.78 is 72.7. The molecule has 0 aliphatic carbocycles. The smallest absolute Gasteiger partial charge is 0.366 e. The quantitative estimate of drug-likeness (QED) is 0.0503. The third-order valence-electron chi connectivity index (χ3n) is 11.2. The second kappa shape index (κ2) is 28.5. The number of amides is 1. The molecule has 5 rings (SSSR count). The molecule has 426 valence electrons. The minimum absolute atomic E-state index is 0.0183. The monoisotopic (exact) mass is 1170 g/mol. The number of carbonyl (C=O) groups excluding carboxylic acids is 10. The lowest BCUT2D eigenvalue weighted by atomic mass is 9.87. The zero-order valence-corrected chi connectivity index (χ0v) is 45.1. The molecule has 1 amide bonds. The predicted octanol–water partition coefficient (Wildman–Crippen LogP) is 3.83. The molecule has 0 radical (unpaired) electrons. The summed E-state index contributed by atoms with van der Waals surface area (Å²) in [6.45, 7) is 1.84. The number of hydrogen-bond acceptors (Lipinski definition) is 24. The maximum atomic E-state index is 14.9. The van der Waals surface area contributed by atoms with Crippen LogP contribution in [0.4, 0.5) is 0 Å². The van der Waals surface area contributed by atoms with E-state index in [-0.39, 0.29) is 16.7 Å². The molecule has 3 aromatic rings. The van der Waals surface area contributed by atoms with Crippen molar-refractivity contribution in [3.05, 3.63) is 108 Å². The summed E-state index contributed by atoms with van der Waals surface area (Å²) >= 11 is 18.3. The lowest BCUT2D eigenvalue weighted by Gasteiger charge is -2.51. The third-order valence-corrected chi connectivity index (χ3v) is 11.7. The van der Waals surface area contributed by atoms with Crippen LogP contribution in [-0.4, -0.2) is 163 Å². The molecule has 0 unspecified atom stereocenters. The highest BCUT2D eigenvalue weighted by Gasteiger charge is 2.64. The summed E-state index contributed by atoms with van der Waals surface area (Å²) in [5, 5.41) is 11.1. The largest absolute Gasteiger partial charge is 0.465 e. The Morgan fingerprint density at radius 1 is 0.646 bits per heavy atom. The van der Waals surface area contributed by atoms with Crippen LogP contribution < -0.4 is 5.32 Å². The molecule has 2 saturated heterocycles. The van der Waals surface area contributed by atoms with Gasteiger partial charge in [0.1, 0.15) is 37.6 Å². The van der Waals surface area contributed by atoms with E-state index in [0.717, 1.165) is 41.7 Å². The Balaban J connectivity index is 1.85. The van der Waals surface area contributed by atoms with Crippen LogP contribution in [-0.2, 0) is 95.1 Å². The minimum Gasteiger partial charge on any atom is -0.465 e. The maximum Gasteiger partial charge on any atom is 0.366 e. The summed E-state index contributed by atoms with van der Waals surface area (Å²) in [5.41, 5.74) is -0.256. The van der Waals surface area contributed by atoms with Gasteiger partial charge in [-0.1, -0.05) is 89.4 Å². The molecule has 28 heteroatoms. The molecule has 2 fully saturated rings. The number of ether oxygens (including phenoxy) is 13. The third kappa shape index (κ3) is 17.8. The number of nitrogens with one attached hydrogen (secondary N) is 2. The fourth-order valence-corrected chi connectivity index (χ4v) is 8.07. The van der Waals surface area contributed by atoms with E-state index in [0.29, 0.717) is 0 Å². The topological polar surface area (TPSA) is 327 Å². The Labute approximate surface area is 465 Å². The van der Waals surface area contributed by atoms with Crippen LogP contribution in [0.3, 0.4) is 0 Å². The number of carbonyl (C=O) groups is 10. The van der Waals surface area contributed by atoms with Crippen molar-refractivity contribution in [3.8, 4) is 0 Å². The fourth-order valence-electron chi connectivity index (χ4n) is 7.94. The molecular formula is C51H53Cl3N2O23. The SMILES string of the molecule is COC(=O)[C@@]1(O[C@H]2[C@@H](OC(=O)c3ccccc3)[C@@H](COC(=O)c3ccccc3)O[C@H](OC(=N)C(Cl)(Cl)Cl)[C@@H]2OC(=O)c2ccccc2)C[C@H](OC(C)=O)[C@@H](NC(=O)COC(C)=O)[C@H]([C@H](OC(C)=O)[C@@H](COC(C)=O)OC(C)=O)O1. The van der Waals surface area contributed by atoms with Gasteiger partial charge in [-0.05, 0) is 36.4 Å². The van der Waals surface area contributed by atoms with E-state index >= 15 is 0 Å². The van der Waals surface area contributed by atoms with Gasteiger partial charge in [-0.2, -0.15) is 0 Å². The van der Waals surface area contributed by atoms with Crippen LogP contribution >= 0.6 is 34.8 Å². The van der Waals surface area contributed by atoms with Crippen LogP contribution in [0.5, 0.6) is 0 Å². The van der Waals surface area contributed by atoms with Crippen LogP contribution in [0.25, 0.3) is 0 Å². The molecule has 11 atom stereocenters. The van der Waals surface area contributed by atoms with E-state index in [1.807, 2.05) is 0 Å². The zero-order chi connectivity index (χ0) is 58.2. The zero-order valence-electron chi connectivity index (χ0n) is 42.8. The molecule has 2 aliphatic rings. The highest BCUT2D eigenvalue weighted by Crippen LogP contribution is 2.42. The predicted molar refractivity (Wildman–Crippen MR) is 267 cm³/mol. The molecular weight excluding hydrogens is 1110 g/mol. The van der Waals surface area contributed by atoms with E-state index in [2.05, 4.69) is 5.32 Å². The van der Waals surface area contributed by atoms with Gasteiger partial charge < -0.3 is 66.9 Å². The Hall–Kier alpha value is -7.42. The van der Waals surface area contributed by atoms with Gasteiger partial charge in [-0.25, -0.2) is 19.2 Å². The number of rotatable bonds is 21. The van der Waals surface area contributed by atoms with Crippen LogP contribution in [0, 0.1) is 5.41 Å². The summed E-state index contributed by atoms with van der Waals surface area (Å²) in [6, 6.07) is 19.9. The molecule has 3 aromatic carbocycles. The number of halogens is 3. The standard InChI is InChI=1S/C51H53Cl3N2O23/c1-26(57)68-23-35(72-29(4)60)39(73-30(5)61)41-38(56-37(62)25-69-27(2)58)34(71-28(3)59)22-50(78-41,49(66)67-6)79-42-40(75-45(64)32-18-12-8-13-19-32)36(24-70-44(63)31-16-10-7-11-17-31)74-47(77-48(55)51(52,53)54)43(42)76-46(65)33-20-14-9-15-21-33/h7-21,34-36,38-43,47,55H,22-25H2,1-6H3,(H,56,62)/t34-,35+,36+,38+,39+,40-,41+,42-,43+,47+,50-/m0/s1. The highest BCUT2D eigenvalue weighted by molar-refractivity contribution is 6.76. The van der Waals surface area contributed by atoms with Gasteiger partial charge in [0.2, 0.25) is 12.2 Å². The second-order valence-electron chi connectivity index (χ2n) is 17.1. The Morgan fingerprint density at radius 3 is 1.65 bits per heavy atom. The second-order valence-corrected chi connectivity index (χ2v) is 19.4. The molecule has 0 aromatic heterocycles. The van der Waals surface area contributed by atoms with Gasteiger partial charge in [-0.3, -0.25) is 34.2 Å². The molecule has 2 N–H and O–H groups in total. The van der Waals surface area contributed by atoms with Gasteiger partial charge in [-0.15, -0.1) is 0 Å². The summed E-state index contributed by atoms with van der Waals surface area (Å²) in [7, 11) is 0.829. The molecule has 2 heterocycles. The number of methoxy groups -OCH3 is 1. The van der Waals surface area contributed by atoms with Gasteiger partial charge >= 0.3 is 53.7 Å². The van der Waals surface area contributed by atoms with Crippen LogP contribution in [0.2, 0.25) is 0 Å². The minimum atomic E-state index is -3.23. The first-order valence-electron chi connectivity index (χ1n) is 23.6. The fraction of sp³-hybridized carbons (Fsp3) is 0.431. The normalized spacial score (nSPS) is 23.3. The molecule has 25 nitrogen and oxygen atoms in total. The van der Waals surface area contributed by atoms with Crippen molar-refractivity contribution < 1.29 is 110 Å². The van der Waals surface area contributed by atoms with Crippen molar-refractivity contribution in [2.45, 2.75) is 112 Å². The van der Waals surface area contributed by atoms with E-state index in [9.17, 15) is 47.9 Å². The van der Waals surface area contributed by atoms with Crippen molar-refractivity contribution in [1.29, 1.82) is 5.41 Å². The first-order chi connectivity index (χ1) is 37.3. The summed E-state index contributed by atoms with van der Waals surface area (Å²) in [4.78, 5) is 134. The first kappa shape index (κ1) is 62.4. The molecule has 0 bridgehead atoms. The Morgan fingerprint density at radius 2 is 1.16 bits per heavy atom. The highest BCUT2D eigenvalue weighted by atomic mass is 35.6. The summed E-state index contributed by atoms with van der Waals surface area (Å²) in [5.74, 6) is -15.7. The molecule has 79 heavy (non-hydrogen) atoms. The molecule has 0 spiro atoms. The van der Waals surface area contributed by atoms with E-state index in [4.69, 9.17) is 102 Å². The Bertz CT molecular complexity index is 2700. The summed E-state index contributed by atoms with van der Waals surface area (Å²) in [6.07, 6.45) is -20.2. The van der Waals surface area contributed by atoms with Gasteiger partial charge in [0.05, 0.1) is 36.3 Å².